The van der Waals surface area contributed by atoms with Gasteiger partial charge in [-0.15, -0.1) is 11.3 Å². The van der Waals surface area contributed by atoms with Crippen LogP contribution in [0.2, 0.25) is 0 Å². The van der Waals surface area contributed by atoms with Crippen LogP contribution >= 0.6 is 11.3 Å². The summed E-state index contributed by atoms with van der Waals surface area (Å²) >= 11 is 1.75. The number of fused-ring (bicyclic) bond motifs is 1. The van der Waals surface area contributed by atoms with Crippen molar-refractivity contribution in [2.75, 3.05) is 13.1 Å². The molecule has 0 saturated heterocycles. The number of hydrogen-bond donors (Lipinski definition) is 1. The van der Waals surface area contributed by atoms with Crippen LogP contribution in [0.4, 0.5) is 0 Å². The van der Waals surface area contributed by atoms with E-state index in [0.29, 0.717) is 6.54 Å². The number of carbonyl (C=O) groups excluding carboxylic acids is 1. The molecule has 0 spiro atoms. The first-order valence-corrected chi connectivity index (χ1v) is 11.2. The fraction of sp³-hybridized carbons (Fsp3) is 0.421. The zero-order valence-corrected chi connectivity index (χ0v) is 16.7. The SMILES string of the molecule is CCC1c2ccsc2CCN1C(=O)CCNS(=O)(=O)c1ccc(C)cc1. The molecule has 1 atom stereocenters. The Labute approximate surface area is 159 Å². The second kappa shape index (κ2) is 7.90. The highest BCUT2D eigenvalue weighted by Crippen LogP contribution is 2.35. The van der Waals surface area contributed by atoms with E-state index in [-0.39, 0.29) is 29.8 Å². The van der Waals surface area contributed by atoms with Gasteiger partial charge in [-0.25, -0.2) is 13.1 Å². The predicted octanol–water partition coefficient (Wildman–Crippen LogP) is 3.26. The van der Waals surface area contributed by atoms with Crippen molar-refractivity contribution in [1.29, 1.82) is 0 Å². The van der Waals surface area contributed by atoms with Crippen molar-refractivity contribution in [3.05, 3.63) is 51.7 Å². The number of nitrogens with one attached hydrogen (secondary N) is 1. The van der Waals surface area contributed by atoms with E-state index < -0.39 is 10.0 Å². The zero-order chi connectivity index (χ0) is 18.7. The van der Waals surface area contributed by atoms with Gasteiger partial charge in [0, 0.05) is 24.4 Å². The van der Waals surface area contributed by atoms with Gasteiger partial charge in [0.25, 0.3) is 0 Å². The topological polar surface area (TPSA) is 66.5 Å². The van der Waals surface area contributed by atoms with Gasteiger partial charge >= 0.3 is 0 Å². The smallest absolute Gasteiger partial charge is 0.240 e. The van der Waals surface area contributed by atoms with E-state index in [1.807, 2.05) is 11.8 Å². The molecule has 0 saturated carbocycles. The predicted molar refractivity (Wildman–Crippen MR) is 104 cm³/mol. The number of sulfonamides is 1. The molecule has 1 aromatic heterocycles. The third-order valence-electron chi connectivity index (χ3n) is 4.76. The molecule has 26 heavy (non-hydrogen) atoms. The van der Waals surface area contributed by atoms with Crippen LogP contribution in [0.15, 0.2) is 40.6 Å². The first kappa shape index (κ1) is 19.1. The average Bonchev–Trinajstić information content (AvgIpc) is 3.09. The number of rotatable bonds is 6. The minimum Gasteiger partial charge on any atom is -0.335 e. The Morgan fingerprint density at radius 1 is 1.27 bits per heavy atom. The van der Waals surface area contributed by atoms with Gasteiger partial charge in [0.1, 0.15) is 0 Å². The van der Waals surface area contributed by atoms with E-state index in [0.717, 1.165) is 18.4 Å². The first-order chi connectivity index (χ1) is 12.4. The molecular formula is C19H24N2O3S2. The van der Waals surface area contributed by atoms with Crippen molar-refractivity contribution in [2.24, 2.45) is 0 Å². The molecule has 140 valence electrons. The van der Waals surface area contributed by atoms with E-state index in [4.69, 9.17) is 0 Å². The Balaban J connectivity index is 1.60. The van der Waals surface area contributed by atoms with Gasteiger partial charge in [-0.05, 0) is 48.9 Å². The van der Waals surface area contributed by atoms with Gasteiger partial charge in [0.05, 0.1) is 10.9 Å². The summed E-state index contributed by atoms with van der Waals surface area (Å²) < 4.78 is 27.2. The van der Waals surface area contributed by atoms with Gasteiger partial charge in [0.2, 0.25) is 15.9 Å². The average molecular weight is 393 g/mol. The standard InChI is InChI=1S/C19H24N2O3S2/c1-3-17-16-10-13-25-18(16)9-12-21(17)19(22)8-11-20-26(23,24)15-6-4-14(2)5-7-15/h4-7,10,13,17,20H,3,8-9,11-12H2,1-2H3. The normalized spacial score (nSPS) is 17.2. The van der Waals surface area contributed by atoms with Crippen LogP contribution in [0.1, 0.15) is 41.8 Å². The number of aryl methyl sites for hydroxylation is 1. The highest BCUT2D eigenvalue weighted by molar-refractivity contribution is 7.89. The number of amides is 1. The Bertz CT molecular complexity index is 872. The molecule has 7 heteroatoms. The highest BCUT2D eigenvalue weighted by Gasteiger charge is 2.30. The van der Waals surface area contributed by atoms with Crippen molar-refractivity contribution >= 4 is 27.3 Å². The summed E-state index contributed by atoms with van der Waals surface area (Å²) in [5.74, 6) is 0.000283. The van der Waals surface area contributed by atoms with E-state index in [1.54, 1.807) is 35.6 Å². The highest BCUT2D eigenvalue weighted by atomic mass is 32.2. The van der Waals surface area contributed by atoms with E-state index >= 15 is 0 Å². The second-order valence-electron chi connectivity index (χ2n) is 6.52. The molecule has 1 aliphatic heterocycles. The molecule has 1 unspecified atom stereocenters. The molecule has 1 aromatic carbocycles. The molecule has 0 aliphatic carbocycles. The van der Waals surface area contributed by atoms with Crippen LogP contribution in [0.5, 0.6) is 0 Å². The van der Waals surface area contributed by atoms with Crippen molar-refractivity contribution in [3.63, 3.8) is 0 Å². The number of hydrogen-bond acceptors (Lipinski definition) is 4. The van der Waals surface area contributed by atoms with Crippen LogP contribution < -0.4 is 4.72 Å². The van der Waals surface area contributed by atoms with Crippen molar-refractivity contribution in [3.8, 4) is 0 Å². The summed E-state index contributed by atoms with van der Waals surface area (Å²) in [4.78, 5) is 16.1. The monoisotopic (exact) mass is 392 g/mol. The van der Waals surface area contributed by atoms with Gasteiger partial charge in [-0.1, -0.05) is 24.6 Å². The minimum absolute atomic E-state index is 0.000283. The summed E-state index contributed by atoms with van der Waals surface area (Å²) in [6.07, 6.45) is 1.91. The summed E-state index contributed by atoms with van der Waals surface area (Å²) in [5.41, 5.74) is 2.25. The lowest BCUT2D eigenvalue weighted by atomic mass is 9.97. The van der Waals surface area contributed by atoms with Crippen LogP contribution in [0, 0.1) is 6.92 Å². The van der Waals surface area contributed by atoms with Crippen LogP contribution in [-0.4, -0.2) is 32.3 Å². The number of carbonyl (C=O) groups is 1. The fourth-order valence-corrected chi connectivity index (χ4v) is 5.33. The van der Waals surface area contributed by atoms with E-state index in [1.165, 1.54) is 10.4 Å². The zero-order valence-electron chi connectivity index (χ0n) is 15.1. The Hall–Kier alpha value is -1.70. The molecule has 1 aliphatic rings. The van der Waals surface area contributed by atoms with Crippen LogP contribution in [0.25, 0.3) is 0 Å². The maximum atomic E-state index is 12.7. The third-order valence-corrected chi connectivity index (χ3v) is 7.24. The lowest BCUT2D eigenvalue weighted by molar-refractivity contribution is -0.134. The Morgan fingerprint density at radius 3 is 2.69 bits per heavy atom. The lowest BCUT2D eigenvalue weighted by Crippen LogP contribution is -2.40. The molecule has 2 aromatic rings. The summed E-state index contributed by atoms with van der Waals surface area (Å²) in [7, 11) is -3.58. The van der Waals surface area contributed by atoms with Gasteiger partial charge in [-0.2, -0.15) is 0 Å². The molecule has 0 fully saturated rings. The summed E-state index contributed by atoms with van der Waals surface area (Å²) in [6, 6.07) is 8.89. The molecule has 3 rings (SSSR count). The molecule has 0 bridgehead atoms. The lowest BCUT2D eigenvalue weighted by Gasteiger charge is -2.35. The van der Waals surface area contributed by atoms with Crippen molar-refractivity contribution in [1.82, 2.24) is 9.62 Å². The summed E-state index contributed by atoms with van der Waals surface area (Å²) in [6.45, 7) is 4.80. The van der Waals surface area contributed by atoms with E-state index in [2.05, 4.69) is 23.1 Å². The molecule has 0 radical (unpaired) electrons. The van der Waals surface area contributed by atoms with Gasteiger partial charge in [0.15, 0.2) is 0 Å². The van der Waals surface area contributed by atoms with Gasteiger partial charge < -0.3 is 4.90 Å². The maximum absolute atomic E-state index is 12.7. The maximum Gasteiger partial charge on any atom is 0.240 e. The molecule has 1 N–H and O–H groups in total. The molecule has 1 amide bonds. The quantitative estimate of drug-likeness (QED) is 0.820. The molecule has 2 heterocycles. The number of thiophene rings is 1. The second-order valence-corrected chi connectivity index (χ2v) is 9.29. The minimum atomic E-state index is -3.58. The van der Waals surface area contributed by atoms with Gasteiger partial charge in [-0.3, -0.25) is 4.79 Å². The Kier molecular flexibility index (Phi) is 5.79. The third kappa shape index (κ3) is 4.00. The van der Waals surface area contributed by atoms with Crippen molar-refractivity contribution in [2.45, 2.75) is 44.0 Å². The van der Waals surface area contributed by atoms with Crippen molar-refractivity contribution < 1.29 is 13.2 Å². The molecular weight excluding hydrogens is 368 g/mol. The van der Waals surface area contributed by atoms with Crippen LogP contribution in [0.3, 0.4) is 0 Å². The number of nitrogens with zero attached hydrogens (tertiary/aromatic N) is 1. The fourth-order valence-electron chi connectivity index (χ4n) is 3.37. The van der Waals surface area contributed by atoms with Crippen LogP contribution in [-0.2, 0) is 21.2 Å². The summed E-state index contributed by atoms with van der Waals surface area (Å²) in [5, 5.41) is 2.08. The molecule has 5 nitrogen and oxygen atoms in total. The number of benzene rings is 1. The largest absolute Gasteiger partial charge is 0.335 e. The Morgan fingerprint density at radius 2 is 2.00 bits per heavy atom. The van der Waals surface area contributed by atoms with E-state index in [9.17, 15) is 13.2 Å². The first-order valence-electron chi connectivity index (χ1n) is 8.84.